The monoisotopic (exact) mass is 277 g/mol. The van der Waals surface area contributed by atoms with Crippen LogP contribution in [0.5, 0.6) is 0 Å². The molecule has 2 rings (SSSR count). The molecule has 1 aliphatic heterocycles. The molecule has 20 heavy (non-hydrogen) atoms. The van der Waals surface area contributed by atoms with E-state index in [0.717, 1.165) is 31.6 Å². The first-order chi connectivity index (χ1) is 9.50. The maximum Gasteiger partial charge on any atom is 0.0914 e. The SMILES string of the molecule is CC(C)c1ccc(C(O)CNCC2(C)CCCO2)cc1. The number of nitrogens with one attached hydrogen (secondary N) is 1. The van der Waals surface area contributed by atoms with Crippen LogP contribution >= 0.6 is 0 Å². The van der Waals surface area contributed by atoms with E-state index < -0.39 is 6.10 Å². The lowest BCUT2D eigenvalue weighted by Gasteiger charge is -2.24. The van der Waals surface area contributed by atoms with Gasteiger partial charge in [-0.05, 0) is 36.8 Å². The maximum absolute atomic E-state index is 10.2. The van der Waals surface area contributed by atoms with Gasteiger partial charge in [0.05, 0.1) is 11.7 Å². The third kappa shape index (κ3) is 4.05. The first kappa shape index (κ1) is 15.5. The summed E-state index contributed by atoms with van der Waals surface area (Å²) in [6, 6.07) is 8.25. The quantitative estimate of drug-likeness (QED) is 0.840. The van der Waals surface area contributed by atoms with Gasteiger partial charge >= 0.3 is 0 Å². The van der Waals surface area contributed by atoms with Crippen LogP contribution in [0.3, 0.4) is 0 Å². The summed E-state index contributed by atoms with van der Waals surface area (Å²) < 4.78 is 5.73. The van der Waals surface area contributed by atoms with E-state index in [0.29, 0.717) is 12.5 Å². The van der Waals surface area contributed by atoms with Gasteiger partial charge in [-0.15, -0.1) is 0 Å². The third-order valence-corrected chi connectivity index (χ3v) is 4.13. The Kier molecular flexibility index (Phi) is 5.19. The van der Waals surface area contributed by atoms with Crippen LogP contribution < -0.4 is 5.32 Å². The van der Waals surface area contributed by atoms with Gasteiger partial charge < -0.3 is 15.2 Å². The number of hydrogen-bond donors (Lipinski definition) is 2. The van der Waals surface area contributed by atoms with Gasteiger partial charge in [0.15, 0.2) is 0 Å². The van der Waals surface area contributed by atoms with Crippen LogP contribution in [0.4, 0.5) is 0 Å². The van der Waals surface area contributed by atoms with E-state index in [2.05, 4.69) is 38.2 Å². The molecule has 3 nitrogen and oxygen atoms in total. The summed E-state index contributed by atoms with van der Waals surface area (Å²) in [5.41, 5.74) is 2.22. The molecule has 0 aromatic heterocycles. The predicted octanol–water partition coefficient (Wildman–Crippen LogP) is 3.00. The molecule has 2 N–H and O–H groups in total. The summed E-state index contributed by atoms with van der Waals surface area (Å²) in [4.78, 5) is 0. The van der Waals surface area contributed by atoms with E-state index in [9.17, 15) is 5.11 Å². The molecule has 2 atom stereocenters. The van der Waals surface area contributed by atoms with E-state index in [1.54, 1.807) is 0 Å². The summed E-state index contributed by atoms with van der Waals surface area (Å²) in [5.74, 6) is 0.527. The van der Waals surface area contributed by atoms with Crippen molar-refractivity contribution in [1.82, 2.24) is 5.32 Å². The zero-order chi connectivity index (χ0) is 14.6. The van der Waals surface area contributed by atoms with Crippen molar-refractivity contribution < 1.29 is 9.84 Å². The van der Waals surface area contributed by atoms with Gasteiger partial charge in [-0.2, -0.15) is 0 Å². The second-order valence-corrected chi connectivity index (χ2v) is 6.37. The van der Waals surface area contributed by atoms with Gasteiger partial charge in [-0.1, -0.05) is 38.1 Å². The standard InChI is InChI=1S/C17H27NO2/c1-13(2)14-5-7-15(8-6-14)16(19)11-18-12-17(3)9-4-10-20-17/h5-8,13,16,18-19H,4,9-12H2,1-3H3. The molecule has 112 valence electrons. The molecular weight excluding hydrogens is 250 g/mol. The van der Waals surface area contributed by atoms with E-state index in [1.165, 1.54) is 5.56 Å². The van der Waals surface area contributed by atoms with Crippen LogP contribution in [0.1, 0.15) is 56.8 Å². The smallest absolute Gasteiger partial charge is 0.0914 e. The number of aliphatic hydroxyl groups is 1. The highest BCUT2D eigenvalue weighted by Crippen LogP contribution is 2.24. The second-order valence-electron chi connectivity index (χ2n) is 6.37. The van der Waals surface area contributed by atoms with Gasteiger partial charge in [0.25, 0.3) is 0 Å². The van der Waals surface area contributed by atoms with Crippen molar-refractivity contribution in [1.29, 1.82) is 0 Å². The number of rotatable bonds is 6. The Morgan fingerprint density at radius 2 is 1.90 bits per heavy atom. The Bertz CT molecular complexity index is 408. The van der Waals surface area contributed by atoms with Crippen molar-refractivity contribution in [2.24, 2.45) is 0 Å². The first-order valence-electron chi connectivity index (χ1n) is 7.63. The van der Waals surface area contributed by atoms with E-state index in [4.69, 9.17) is 4.74 Å². The van der Waals surface area contributed by atoms with E-state index in [-0.39, 0.29) is 5.60 Å². The average Bonchev–Trinajstić information content (AvgIpc) is 2.85. The molecule has 1 aromatic rings. The summed E-state index contributed by atoms with van der Waals surface area (Å²) in [6.45, 7) is 8.72. The zero-order valence-corrected chi connectivity index (χ0v) is 12.9. The molecule has 3 heteroatoms. The Morgan fingerprint density at radius 1 is 1.25 bits per heavy atom. The van der Waals surface area contributed by atoms with Crippen molar-refractivity contribution in [3.63, 3.8) is 0 Å². The Labute approximate surface area is 122 Å². The molecule has 0 spiro atoms. The van der Waals surface area contributed by atoms with E-state index >= 15 is 0 Å². The molecule has 1 fully saturated rings. The van der Waals surface area contributed by atoms with Crippen molar-refractivity contribution in [3.8, 4) is 0 Å². The molecule has 0 amide bonds. The van der Waals surface area contributed by atoms with Crippen LogP contribution in [-0.4, -0.2) is 30.4 Å². The molecule has 1 heterocycles. The van der Waals surface area contributed by atoms with Crippen LogP contribution in [-0.2, 0) is 4.74 Å². The minimum atomic E-state index is -0.457. The predicted molar refractivity (Wildman–Crippen MR) is 82.0 cm³/mol. The molecular formula is C17H27NO2. The summed E-state index contributed by atoms with van der Waals surface area (Å²) in [6.07, 6.45) is 1.78. The van der Waals surface area contributed by atoms with Gasteiger partial charge in [-0.3, -0.25) is 0 Å². The van der Waals surface area contributed by atoms with Crippen molar-refractivity contribution >= 4 is 0 Å². The Morgan fingerprint density at radius 3 is 2.45 bits per heavy atom. The third-order valence-electron chi connectivity index (χ3n) is 4.13. The minimum Gasteiger partial charge on any atom is -0.387 e. The van der Waals surface area contributed by atoms with Crippen LogP contribution in [0.25, 0.3) is 0 Å². The highest BCUT2D eigenvalue weighted by atomic mass is 16.5. The number of benzene rings is 1. The molecule has 1 aromatic carbocycles. The molecule has 0 saturated carbocycles. The zero-order valence-electron chi connectivity index (χ0n) is 12.9. The molecule has 0 bridgehead atoms. The summed E-state index contributed by atoms with van der Waals surface area (Å²) >= 11 is 0. The fourth-order valence-corrected chi connectivity index (χ4v) is 2.67. The summed E-state index contributed by atoms with van der Waals surface area (Å²) in [5, 5.41) is 13.5. The van der Waals surface area contributed by atoms with Crippen molar-refractivity contribution in [2.75, 3.05) is 19.7 Å². The fourth-order valence-electron chi connectivity index (χ4n) is 2.67. The molecule has 1 aliphatic rings. The number of aliphatic hydroxyl groups excluding tert-OH is 1. The highest BCUT2D eigenvalue weighted by Gasteiger charge is 2.29. The summed E-state index contributed by atoms with van der Waals surface area (Å²) in [7, 11) is 0. The number of hydrogen-bond acceptors (Lipinski definition) is 3. The largest absolute Gasteiger partial charge is 0.387 e. The second kappa shape index (κ2) is 6.70. The van der Waals surface area contributed by atoms with Crippen molar-refractivity contribution in [3.05, 3.63) is 35.4 Å². The lowest BCUT2D eigenvalue weighted by atomic mass is 9.99. The van der Waals surface area contributed by atoms with E-state index in [1.807, 2.05) is 12.1 Å². The van der Waals surface area contributed by atoms with Crippen LogP contribution in [0.15, 0.2) is 24.3 Å². The topological polar surface area (TPSA) is 41.5 Å². The highest BCUT2D eigenvalue weighted by molar-refractivity contribution is 5.26. The average molecular weight is 277 g/mol. The molecule has 1 saturated heterocycles. The minimum absolute atomic E-state index is 0.0543. The van der Waals surface area contributed by atoms with Crippen LogP contribution in [0.2, 0.25) is 0 Å². The van der Waals surface area contributed by atoms with Crippen molar-refractivity contribution in [2.45, 2.75) is 51.2 Å². The fraction of sp³-hybridized carbons (Fsp3) is 0.647. The molecule has 0 radical (unpaired) electrons. The Hall–Kier alpha value is -0.900. The van der Waals surface area contributed by atoms with Gasteiger partial charge in [0.1, 0.15) is 0 Å². The van der Waals surface area contributed by atoms with Crippen LogP contribution in [0, 0.1) is 0 Å². The molecule has 0 aliphatic carbocycles. The first-order valence-corrected chi connectivity index (χ1v) is 7.63. The lowest BCUT2D eigenvalue weighted by molar-refractivity contribution is 0.0185. The number of ether oxygens (including phenoxy) is 1. The Balaban J connectivity index is 1.80. The maximum atomic E-state index is 10.2. The normalized spacial score (nSPS) is 24.2. The van der Waals surface area contributed by atoms with Gasteiger partial charge in [0.2, 0.25) is 0 Å². The molecule has 2 unspecified atom stereocenters. The lowest BCUT2D eigenvalue weighted by Crippen LogP contribution is -2.38. The van der Waals surface area contributed by atoms with Gasteiger partial charge in [0, 0.05) is 19.7 Å². The van der Waals surface area contributed by atoms with Gasteiger partial charge in [-0.25, -0.2) is 0 Å².